The van der Waals surface area contributed by atoms with Crippen LogP contribution >= 0.6 is 0 Å². The third kappa shape index (κ3) is 3.86. The number of nitro groups is 1. The van der Waals surface area contributed by atoms with Gasteiger partial charge < -0.3 is 20.1 Å². The number of nitro benzene ring substituents is 1. The van der Waals surface area contributed by atoms with Crippen molar-refractivity contribution in [2.24, 2.45) is 0 Å². The van der Waals surface area contributed by atoms with Gasteiger partial charge in [-0.2, -0.15) is 0 Å². The number of anilines is 1. The van der Waals surface area contributed by atoms with E-state index < -0.39 is 4.92 Å². The van der Waals surface area contributed by atoms with E-state index in [2.05, 4.69) is 10.6 Å². The second-order valence-corrected chi connectivity index (χ2v) is 5.47. The average molecular weight is 309 g/mol. The molecular weight excluding hydrogens is 286 g/mol. The minimum Gasteiger partial charge on any atom is -0.487 e. The molecule has 1 unspecified atom stereocenters. The van der Waals surface area contributed by atoms with E-state index in [1.54, 1.807) is 26.2 Å². The van der Waals surface area contributed by atoms with E-state index in [1.807, 2.05) is 0 Å². The highest BCUT2D eigenvalue weighted by Crippen LogP contribution is 2.30. The lowest BCUT2D eigenvalue weighted by molar-refractivity contribution is -0.385. The van der Waals surface area contributed by atoms with E-state index in [0.29, 0.717) is 19.8 Å². The summed E-state index contributed by atoms with van der Waals surface area (Å²) in [5.41, 5.74) is 0.707. The number of rotatable bonds is 8. The number of nitrogens with one attached hydrogen (secondary N) is 2. The van der Waals surface area contributed by atoms with Crippen LogP contribution in [0.25, 0.3) is 0 Å². The molecule has 1 aliphatic heterocycles. The molecule has 0 aliphatic carbocycles. The normalized spacial score (nSPS) is 20.8. The lowest BCUT2D eigenvalue weighted by atomic mass is 9.98. The van der Waals surface area contributed by atoms with Gasteiger partial charge in [-0.25, -0.2) is 0 Å². The predicted octanol–water partition coefficient (Wildman–Crippen LogP) is 2.17. The van der Waals surface area contributed by atoms with E-state index >= 15 is 0 Å². The topological polar surface area (TPSA) is 85.7 Å². The first-order valence-corrected chi connectivity index (χ1v) is 7.49. The van der Waals surface area contributed by atoms with Crippen LogP contribution in [0.3, 0.4) is 0 Å². The largest absolute Gasteiger partial charge is 0.487 e. The molecule has 7 heteroatoms. The summed E-state index contributed by atoms with van der Waals surface area (Å²) >= 11 is 0. The van der Waals surface area contributed by atoms with Gasteiger partial charge in [-0.1, -0.05) is 0 Å². The van der Waals surface area contributed by atoms with Crippen LogP contribution in [0.1, 0.15) is 19.8 Å². The number of nitrogens with zero attached hydrogens (tertiary/aromatic N) is 1. The molecule has 122 valence electrons. The number of ether oxygens (including phenoxy) is 2. The van der Waals surface area contributed by atoms with Crippen LogP contribution in [0.15, 0.2) is 18.2 Å². The Kier molecular flexibility index (Phi) is 5.57. The van der Waals surface area contributed by atoms with Gasteiger partial charge >= 0.3 is 5.69 Å². The molecule has 1 fully saturated rings. The van der Waals surface area contributed by atoms with Crippen LogP contribution in [-0.4, -0.2) is 43.9 Å². The maximum absolute atomic E-state index is 11.0. The Morgan fingerprint density at radius 1 is 1.50 bits per heavy atom. The fourth-order valence-electron chi connectivity index (χ4n) is 2.79. The zero-order valence-corrected chi connectivity index (χ0v) is 13.1. The second kappa shape index (κ2) is 7.42. The highest BCUT2D eigenvalue weighted by Gasteiger charge is 2.33. The molecule has 2 rings (SSSR count). The molecule has 2 N–H and O–H groups in total. The van der Waals surface area contributed by atoms with Gasteiger partial charge in [0.2, 0.25) is 0 Å². The summed E-state index contributed by atoms with van der Waals surface area (Å²) in [7, 11) is 1.70. The van der Waals surface area contributed by atoms with Crippen molar-refractivity contribution in [3.63, 3.8) is 0 Å². The summed E-state index contributed by atoms with van der Waals surface area (Å²) in [4.78, 5) is 10.6. The van der Waals surface area contributed by atoms with E-state index in [0.717, 1.165) is 25.1 Å². The van der Waals surface area contributed by atoms with Crippen molar-refractivity contribution >= 4 is 11.4 Å². The number of hydrogen-bond acceptors (Lipinski definition) is 6. The quantitative estimate of drug-likeness (QED) is 0.565. The molecule has 7 nitrogen and oxygen atoms in total. The zero-order valence-electron chi connectivity index (χ0n) is 13.1. The Hall–Kier alpha value is -1.86. The van der Waals surface area contributed by atoms with Crippen molar-refractivity contribution in [1.29, 1.82) is 0 Å². The summed E-state index contributed by atoms with van der Waals surface area (Å²) in [6, 6.07) is 4.85. The number of benzene rings is 1. The molecule has 1 aromatic carbocycles. The van der Waals surface area contributed by atoms with Crippen molar-refractivity contribution in [3.8, 4) is 5.75 Å². The van der Waals surface area contributed by atoms with Gasteiger partial charge in [0.25, 0.3) is 0 Å². The van der Waals surface area contributed by atoms with Gasteiger partial charge in [0.05, 0.1) is 23.7 Å². The zero-order chi connectivity index (χ0) is 16.0. The highest BCUT2D eigenvalue weighted by atomic mass is 16.6. The van der Waals surface area contributed by atoms with E-state index in [4.69, 9.17) is 9.47 Å². The SMILES string of the molecule is CCOc1cc(NCC2(COC)CCCN2)ccc1[N+](=O)[O-]. The average Bonchev–Trinajstić information content (AvgIpc) is 2.95. The summed E-state index contributed by atoms with van der Waals surface area (Å²) in [6.07, 6.45) is 2.16. The predicted molar refractivity (Wildman–Crippen MR) is 84.6 cm³/mol. The van der Waals surface area contributed by atoms with E-state index in [9.17, 15) is 10.1 Å². The molecule has 0 bridgehead atoms. The molecule has 0 radical (unpaired) electrons. The number of methoxy groups -OCH3 is 1. The third-order valence-electron chi connectivity index (χ3n) is 3.84. The fourth-order valence-corrected chi connectivity index (χ4v) is 2.79. The molecule has 0 saturated carbocycles. The van der Waals surface area contributed by atoms with Gasteiger partial charge in [0.1, 0.15) is 0 Å². The van der Waals surface area contributed by atoms with Crippen LogP contribution in [0.5, 0.6) is 5.75 Å². The Labute approximate surface area is 130 Å². The molecule has 0 amide bonds. The van der Waals surface area contributed by atoms with Crippen molar-refractivity contribution < 1.29 is 14.4 Å². The van der Waals surface area contributed by atoms with Gasteiger partial charge in [0, 0.05) is 31.5 Å². The molecule has 0 spiro atoms. The minimum atomic E-state index is -0.431. The Balaban J connectivity index is 2.09. The molecule has 22 heavy (non-hydrogen) atoms. The Morgan fingerprint density at radius 2 is 2.32 bits per heavy atom. The van der Waals surface area contributed by atoms with Gasteiger partial charge in [-0.15, -0.1) is 0 Å². The van der Waals surface area contributed by atoms with Crippen LogP contribution in [0, 0.1) is 10.1 Å². The Morgan fingerprint density at radius 3 is 2.91 bits per heavy atom. The van der Waals surface area contributed by atoms with E-state index in [1.165, 1.54) is 6.07 Å². The monoisotopic (exact) mass is 309 g/mol. The van der Waals surface area contributed by atoms with E-state index in [-0.39, 0.29) is 17.0 Å². The first-order valence-electron chi connectivity index (χ1n) is 7.49. The molecule has 1 aliphatic rings. The standard InChI is InChI=1S/C15H23N3O4/c1-3-22-14-9-12(5-6-13(14)18(19)20)16-10-15(11-21-2)7-4-8-17-15/h5-6,9,16-17H,3-4,7-8,10-11H2,1-2H3. The summed E-state index contributed by atoms with van der Waals surface area (Å²) in [6.45, 7) is 4.50. The van der Waals surface area contributed by atoms with Crippen molar-refractivity contribution in [3.05, 3.63) is 28.3 Å². The summed E-state index contributed by atoms with van der Waals surface area (Å²) in [5, 5.41) is 17.8. The van der Waals surface area contributed by atoms with Gasteiger partial charge in [-0.05, 0) is 32.4 Å². The van der Waals surface area contributed by atoms with Crippen molar-refractivity contribution in [2.75, 3.05) is 38.7 Å². The van der Waals surface area contributed by atoms with Crippen molar-refractivity contribution in [1.82, 2.24) is 5.32 Å². The lowest BCUT2D eigenvalue weighted by Gasteiger charge is -2.29. The summed E-state index contributed by atoms with van der Waals surface area (Å²) < 4.78 is 10.7. The molecule has 1 saturated heterocycles. The van der Waals surface area contributed by atoms with Gasteiger partial charge in [-0.3, -0.25) is 10.1 Å². The maximum Gasteiger partial charge on any atom is 0.311 e. The second-order valence-electron chi connectivity index (χ2n) is 5.47. The van der Waals surface area contributed by atoms with Gasteiger partial charge in [0.15, 0.2) is 5.75 Å². The van der Waals surface area contributed by atoms with Crippen LogP contribution < -0.4 is 15.4 Å². The Bertz CT molecular complexity index is 516. The molecule has 1 atom stereocenters. The van der Waals surface area contributed by atoms with Crippen LogP contribution in [0.2, 0.25) is 0 Å². The molecule has 0 aromatic heterocycles. The van der Waals surface area contributed by atoms with Crippen LogP contribution in [-0.2, 0) is 4.74 Å². The number of hydrogen-bond donors (Lipinski definition) is 2. The van der Waals surface area contributed by atoms with Crippen molar-refractivity contribution in [2.45, 2.75) is 25.3 Å². The molecular formula is C15H23N3O4. The third-order valence-corrected chi connectivity index (χ3v) is 3.84. The van der Waals surface area contributed by atoms with Crippen LogP contribution in [0.4, 0.5) is 11.4 Å². The first kappa shape index (κ1) is 16.5. The fraction of sp³-hybridized carbons (Fsp3) is 0.600. The maximum atomic E-state index is 11.0. The summed E-state index contributed by atoms with van der Waals surface area (Å²) in [5.74, 6) is 0.290. The first-order chi connectivity index (χ1) is 10.6. The molecule has 1 heterocycles. The highest BCUT2D eigenvalue weighted by molar-refractivity contribution is 5.58. The lowest BCUT2D eigenvalue weighted by Crippen LogP contribution is -2.49. The molecule has 1 aromatic rings. The smallest absolute Gasteiger partial charge is 0.311 e. The minimum absolute atomic E-state index is 0.0157.